The van der Waals surface area contributed by atoms with Gasteiger partial charge in [-0.15, -0.1) is 0 Å². The number of carbonyl (C=O) groups is 2. The highest BCUT2D eigenvalue weighted by Crippen LogP contribution is 2.08. The number of unbranched alkanes of at least 4 members (excludes halogenated alkanes) is 5. The number of rotatable bonds is 13. The maximum absolute atomic E-state index is 11.4. The fourth-order valence-corrected chi connectivity index (χ4v) is 1.92. The van der Waals surface area contributed by atoms with Crippen molar-refractivity contribution in [3.05, 3.63) is 0 Å². The van der Waals surface area contributed by atoms with Crippen LogP contribution in [0, 0.1) is 5.92 Å². The molecule has 0 aromatic heterocycles. The highest BCUT2D eigenvalue weighted by Gasteiger charge is 2.01. The zero-order valence-electron chi connectivity index (χ0n) is 12.3. The van der Waals surface area contributed by atoms with E-state index in [0.717, 1.165) is 38.6 Å². The molecular formula is C15H30N2O2. The SMILES string of the molecule is CC(CN)CCCCCCNC(=O)CCCCC=O. The molecule has 19 heavy (non-hydrogen) atoms. The summed E-state index contributed by atoms with van der Waals surface area (Å²) in [6, 6.07) is 0. The van der Waals surface area contributed by atoms with E-state index in [1.54, 1.807) is 0 Å². The number of amides is 1. The van der Waals surface area contributed by atoms with Gasteiger partial charge in [0.25, 0.3) is 0 Å². The molecule has 0 aromatic rings. The zero-order chi connectivity index (χ0) is 14.3. The van der Waals surface area contributed by atoms with Crippen LogP contribution >= 0.6 is 0 Å². The Morgan fingerprint density at radius 3 is 2.58 bits per heavy atom. The fourth-order valence-electron chi connectivity index (χ4n) is 1.92. The highest BCUT2D eigenvalue weighted by atomic mass is 16.1. The van der Waals surface area contributed by atoms with Gasteiger partial charge in [-0.1, -0.05) is 26.2 Å². The summed E-state index contributed by atoms with van der Waals surface area (Å²) in [5.74, 6) is 0.744. The predicted molar refractivity (Wildman–Crippen MR) is 78.8 cm³/mol. The molecule has 0 spiro atoms. The van der Waals surface area contributed by atoms with Crippen molar-refractivity contribution in [3.8, 4) is 0 Å². The standard InChI is InChI=1S/C15H30N2O2/c1-14(13-16)9-5-2-3-7-11-17-15(19)10-6-4-8-12-18/h12,14H,2-11,13,16H2,1H3,(H,17,19). The van der Waals surface area contributed by atoms with E-state index in [1.807, 2.05) is 0 Å². The van der Waals surface area contributed by atoms with Crippen LogP contribution in [0.4, 0.5) is 0 Å². The Bertz CT molecular complexity index is 232. The lowest BCUT2D eigenvalue weighted by atomic mass is 10.0. The van der Waals surface area contributed by atoms with Gasteiger partial charge >= 0.3 is 0 Å². The summed E-state index contributed by atoms with van der Waals surface area (Å²) in [7, 11) is 0. The molecule has 1 atom stereocenters. The Labute approximate surface area is 117 Å². The van der Waals surface area contributed by atoms with E-state index in [-0.39, 0.29) is 5.91 Å². The molecule has 0 saturated carbocycles. The van der Waals surface area contributed by atoms with E-state index in [0.29, 0.717) is 18.8 Å². The highest BCUT2D eigenvalue weighted by molar-refractivity contribution is 5.75. The first-order chi connectivity index (χ1) is 9.20. The van der Waals surface area contributed by atoms with Crippen LogP contribution in [0.5, 0.6) is 0 Å². The van der Waals surface area contributed by atoms with E-state index in [2.05, 4.69) is 12.2 Å². The first kappa shape index (κ1) is 18.1. The molecule has 0 heterocycles. The molecule has 0 rings (SSSR count). The molecule has 0 aliphatic carbocycles. The van der Waals surface area contributed by atoms with Gasteiger partial charge in [0.1, 0.15) is 6.29 Å². The van der Waals surface area contributed by atoms with Gasteiger partial charge in [0, 0.05) is 19.4 Å². The van der Waals surface area contributed by atoms with Crippen LogP contribution in [0.1, 0.15) is 64.7 Å². The van der Waals surface area contributed by atoms with Crippen LogP contribution in [0.25, 0.3) is 0 Å². The lowest BCUT2D eigenvalue weighted by Crippen LogP contribution is -2.23. The molecule has 3 N–H and O–H groups in total. The van der Waals surface area contributed by atoms with Crippen LogP contribution in [-0.2, 0) is 9.59 Å². The number of nitrogens with two attached hydrogens (primary N) is 1. The smallest absolute Gasteiger partial charge is 0.219 e. The van der Waals surface area contributed by atoms with Crippen molar-refractivity contribution in [1.29, 1.82) is 0 Å². The average molecular weight is 270 g/mol. The van der Waals surface area contributed by atoms with Crippen LogP contribution in [0.15, 0.2) is 0 Å². The molecule has 1 amide bonds. The van der Waals surface area contributed by atoms with E-state index >= 15 is 0 Å². The number of carbonyl (C=O) groups excluding carboxylic acids is 2. The minimum absolute atomic E-state index is 0.114. The molecule has 4 nitrogen and oxygen atoms in total. The van der Waals surface area contributed by atoms with Crippen molar-refractivity contribution in [1.82, 2.24) is 5.32 Å². The molecule has 0 aliphatic heterocycles. The third kappa shape index (κ3) is 13.3. The molecule has 1 unspecified atom stereocenters. The minimum atomic E-state index is 0.114. The monoisotopic (exact) mass is 270 g/mol. The summed E-state index contributed by atoms with van der Waals surface area (Å²) in [6.07, 6.45) is 9.52. The topological polar surface area (TPSA) is 72.2 Å². The molecule has 0 radical (unpaired) electrons. The van der Waals surface area contributed by atoms with Crippen LogP contribution < -0.4 is 11.1 Å². The lowest BCUT2D eigenvalue weighted by molar-refractivity contribution is -0.121. The van der Waals surface area contributed by atoms with Gasteiger partial charge in [-0.3, -0.25) is 4.79 Å². The molecule has 4 heteroatoms. The van der Waals surface area contributed by atoms with Crippen molar-refractivity contribution in [2.24, 2.45) is 11.7 Å². The van der Waals surface area contributed by atoms with Gasteiger partial charge in [-0.25, -0.2) is 0 Å². The second kappa shape index (κ2) is 13.5. The second-order valence-electron chi connectivity index (χ2n) is 5.31. The largest absolute Gasteiger partial charge is 0.356 e. The molecule has 0 aliphatic rings. The quantitative estimate of drug-likeness (QED) is 0.399. The zero-order valence-corrected chi connectivity index (χ0v) is 12.3. The van der Waals surface area contributed by atoms with Gasteiger partial charge in [-0.05, 0) is 38.1 Å². The van der Waals surface area contributed by atoms with Crippen molar-refractivity contribution in [2.75, 3.05) is 13.1 Å². The van der Waals surface area contributed by atoms with Crippen molar-refractivity contribution in [2.45, 2.75) is 64.7 Å². The molecule has 0 bridgehead atoms. The first-order valence-corrected chi connectivity index (χ1v) is 7.61. The second-order valence-corrected chi connectivity index (χ2v) is 5.31. The van der Waals surface area contributed by atoms with E-state index in [1.165, 1.54) is 25.7 Å². The lowest BCUT2D eigenvalue weighted by Gasteiger charge is -2.08. The number of nitrogens with one attached hydrogen (secondary N) is 1. The van der Waals surface area contributed by atoms with Crippen molar-refractivity contribution >= 4 is 12.2 Å². The Hall–Kier alpha value is -0.900. The number of aldehydes is 1. The third-order valence-corrected chi connectivity index (χ3v) is 3.32. The molecule has 0 saturated heterocycles. The van der Waals surface area contributed by atoms with Gasteiger partial charge in [0.05, 0.1) is 0 Å². The summed E-state index contributed by atoms with van der Waals surface area (Å²) >= 11 is 0. The fraction of sp³-hybridized carbons (Fsp3) is 0.867. The van der Waals surface area contributed by atoms with Gasteiger partial charge in [0.15, 0.2) is 0 Å². The van der Waals surface area contributed by atoms with E-state index in [4.69, 9.17) is 5.73 Å². The Morgan fingerprint density at radius 1 is 1.16 bits per heavy atom. The summed E-state index contributed by atoms with van der Waals surface area (Å²) in [5, 5.41) is 2.92. The summed E-state index contributed by atoms with van der Waals surface area (Å²) in [6.45, 7) is 3.74. The maximum atomic E-state index is 11.4. The summed E-state index contributed by atoms with van der Waals surface area (Å²) in [5.41, 5.74) is 5.56. The normalized spacial score (nSPS) is 12.1. The maximum Gasteiger partial charge on any atom is 0.219 e. The molecule has 0 aromatic carbocycles. The third-order valence-electron chi connectivity index (χ3n) is 3.32. The van der Waals surface area contributed by atoms with Crippen molar-refractivity contribution in [3.63, 3.8) is 0 Å². The van der Waals surface area contributed by atoms with Crippen LogP contribution in [0.2, 0.25) is 0 Å². The molecule has 0 fully saturated rings. The Balaban J connectivity index is 3.20. The van der Waals surface area contributed by atoms with Gasteiger partial charge < -0.3 is 15.8 Å². The Kier molecular flexibility index (Phi) is 12.9. The average Bonchev–Trinajstić information content (AvgIpc) is 2.42. The number of hydrogen-bond donors (Lipinski definition) is 2. The first-order valence-electron chi connectivity index (χ1n) is 7.61. The van der Waals surface area contributed by atoms with Gasteiger partial charge in [-0.2, -0.15) is 0 Å². The van der Waals surface area contributed by atoms with E-state index < -0.39 is 0 Å². The summed E-state index contributed by atoms with van der Waals surface area (Å²) in [4.78, 5) is 21.5. The van der Waals surface area contributed by atoms with E-state index in [9.17, 15) is 9.59 Å². The predicted octanol–water partition coefficient (Wildman–Crippen LogP) is 2.41. The minimum Gasteiger partial charge on any atom is -0.356 e. The van der Waals surface area contributed by atoms with Gasteiger partial charge in [0.2, 0.25) is 5.91 Å². The van der Waals surface area contributed by atoms with Crippen molar-refractivity contribution < 1.29 is 9.59 Å². The number of hydrogen-bond acceptors (Lipinski definition) is 3. The molecule has 112 valence electrons. The molecular weight excluding hydrogens is 240 g/mol. The van der Waals surface area contributed by atoms with Crippen LogP contribution in [0.3, 0.4) is 0 Å². The van der Waals surface area contributed by atoms with Crippen LogP contribution in [-0.4, -0.2) is 25.3 Å². The summed E-state index contributed by atoms with van der Waals surface area (Å²) < 4.78 is 0. The Morgan fingerprint density at radius 2 is 1.89 bits per heavy atom.